The Balaban J connectivity index is 1.61. The van der Waals surface area contributed by atoms with Crippen LogP contribution in [0.5, 0.6) is 0 Å². The summed E-state index contributed by atoms with van der Waals surface area (Å²) in [5.41, 5.74) is 5.36. The van der Waals surface area contributed by atoms with Crippen LogP contribution in [0.25, 0.3) is 0 Å². The van der Waals surface area contributed by atoms with Crippen molar-refractivity contribution in [2.24, 2.45) is 22.5 Å². The summed E-state index contributed by atoms with van der Waals surface area (Å²) >= 11 is 0. The summed E-state index contributed by atoms with van der Waals surface area (Å²) in [5.74, 6) is 0.886. The fraction of sp³-hybridized carbons (Fsp3) is 0.944. The molecule has 124 valence electrons. The van der Waals surface area contributed by atoms with Crippen molar-refractivity contribution in [1.82, 2.24) is 4.90 Å². The van der Waals surface area contributed by atoms with Crippen LogP contribution < -0.4 is 5.73 Å². The highest BCUT2D eigenvalue weighted by Crippen LogP contribution is 2.68. The first-order chi connectivity index (χ1) is 10.4. The average Bonchev–Trinajstić information content (AvgIpc) is 2.45. The monoisotopic (exact) mass is 306 g/mol. The van der Waals surface area contributed by atoms with Gasteiger partial charge in [0.2, 0.25) is 5.91 Å². The molecule has 1 amide bonds. The maximum absolute atomic E-state index is 13.3. The van der Waals surface area contributed by atoms with Crippen LogP contribution in [0.15, 0.2) is 0 Å². The van der Waals surface area contributed by atoms with Crippen molar-refractivity contribution >= 4 is 5.91 Å². The van der Waals surface area contributed by atoms with Crippen molar-refractivity contribution < 1.29 is 9.90 Å². The van der Waals surface area contributed by atoms with Gasteiger partial charge in [0.25, 0.3) is 0 Å². The second-order valence-electron chi connectivity index (χ2n) is 9.00. The number of carbonyl (C=O) groups excluding carboxylic acids is 1. The third-order valence-electron chi connectivity index (χ3n) is 7.19. The number of nitrogens with zero attached hydrogens (tertiary/aromatic N) is 1. The number of hydrogen-bond donors (Lipinski definition) is 2. The second-order valence-corrected chi connectivity index (χ2v) is 9.00. The fourth-order valence-corrected chi connectivity index (χ4v) is 6.66. The SMILES string of the molecule is CCC12CC3CC(O)(C1)CC(C(=O)N1CCC(N)CC1)(C3)C2. The smallest absolute Gasteiger partial charge is 0.228 e. The highest BCUT2D eigenvalue weighted by Gasteiger charge is 2.65. The van der Waals surface area contributed by atoms with E-state index in [2.05, 4.69) is 11.8 Å². The topological polar surface area (TPSA) is 66.6 Å². The molecule has 4 aliphatic carbocycles. The molecule has 4 bridgehead atoms. The minimum atomic E-state index is -0.572. The maximum Gasteiger partial charge on any atom is 0.228 e. The van der Waals surface area contributed by atoms with E-state index >= 15 is 0 Å². The van der Waals surface area contributed by atoms with E-state index in [1.165, 1.54) is 6.42 Å². The van der Waals surface area contributed by atoms with E-state index in [9.17, 15) is 9.90 Å². The Morgan fingerprint density at radius 2 is 1.91 bits per heavy atom. The highest BCUT2D eigenvalue weighted by molar-refractivity contribution is 5.83. The normalized spacial score (nSPS) is 48.0. The van der Waals surface area contributed by atoms with Crippen LogP contribution in [0, 0.1) is 16.7 Å². The lowest BCUT2D eigenvalue weighted by atomic mass is 9.42. The third-order valence-corrected chi connectivity index (χ3v) is 7.19. The summed E-state index contributed by atoms with van der Waals surface area (Å²) in [4.78, 5) is 15.4. The van der Waals surface area contributed by atoms with Gasteiger partial charge in [-0.3, -0.25) is 4.79 Å². The van der Waals surface area contributed by atoms with Crippen molar-refractivity contribution in [2.45, 2.75) is 76.4 Å². The van der Waals surface area contributed by atoms with Gasteiger partial charge in [0.05, 0.1) is 11.0 Å². The van der Waals surface area contributed by atoms with Gasteiger partial charge in [-0.05, 0) is 62.7 Å². The zero-order valence-corrected chi connectivity index (χ0v) is 13.8. The van der Waals surface area contributed by atoms with E-state index in [0.29, 0.717) is 18.2 Å². The molecule has 22 heavy (non-hydrogen) atoms. The molecule has 1 aliphatic heterocycles. The van der Waals surface area contributed by atoms with Crippen molar-refractivity contribution in [1.29, 1.82) is 0 Å². The van der Waals surface area contributed by atoms with Gasteiger partial charge in [-0.2, -0.15) is 0 Å². The van der Waals surface area contributed by atoms with Crippen LogP contribution in [0.4, 0.5) is 0 Å². The largest absolute Gasteiger partial charge is 0.390 e. The molecule has 0 aromatic rings. The lowest BCUT2D eigenvalue weighted by molar-refractivity contribution is -0.210. The van der Waals surface area contributed by atoms with Gasteiger partial charge in [-0.25, -0.2) is 0 Å². The number of amides is 1. The van der Waals surface area contributed by atoms with Crippen LogP contribution in [-0.4, -0.2) is 40.6 Å². The van der Waals surface area contributed by atoms with E-state index in [-0.39, 0.29) is 16.9 Å². The molecule has 4 heteroatoms. The number of aliphatic hydroxyl groups is 1. The Kier molecular flexibility index (Phi) is 3.19. The Labute approximate surface area is 133 Å². The van der Waals surface area contributed by atoms with Gasteiger partial charge >= 0.3 is 0 Å². The summed E-state index contributed by atoms with van der Waals surface area (Å²) < 4.78 is 0. The van der Waals surface area contributed by atoms with Crippen molar-refractivity contribution in [3.8, 4) is 0 Å². The van der Waals surface area contributed by atoms with Crippen LogP contribution >= 0.6 is 0 Å². The zero-order chi connectivity index (χ0) is 15.6. The summed E-state index contributed by atoms with van der Waals surface area (Å²) in [6.45, 7) is 3.86. The van der Waals surface area contributed by atoms with Crippen molar-refractivity contribution in [2.75, 3.05) is 13.1 Å². The molecule has 1 saturated heterocycles. The van der Waals surface area contributed by atoms with E-state index in [0.717, 1.165) is 58.0 Å². The number of nitrogens with two attached hydrogens (primary N) is 1. The number of rotatable bonds is 2. The molecule has 0 aromatic carbocycles. The molecule has 4 nitrogen and oxygen atoms in total. The maximum atomic E-state index is 13.3. The molecule has 5 fully saturated rings. The molecule has 5 rings (SSSR count). The van der Waals surface area contributed by atoms with E-state index < -0.39 is 5.60 Å². The Morgan fingerprint density at radius 1 is 1.18 bits per heavy atom. The molecule has 4 unspecified atom stereocenters. The minimum absolute atomic E-state index is 0.218. The fourth-order valence-electron chi connectivity index (χ4n) is 6.66. The molecule has 4 atom stereocenters. The van der Waals surface area contributed by atoms with Gasteiger partial charge in [0.15, 0.2) is 0 Å². The van der Waals surface area contributed by atoms with E-state index in [1.54, 1.807) is 0 Å². The number of piperidine rings is 1. The first-order valence-electron chi connectivity index (χ1n) is 9.15. The molecular formula is C18H30N2O2. The molecule has 3 N–H and O–H groups in total. The van der Waals surface area contributed by atoms with Gasteiger partial charge in [0, 0.05) is 19.1 Å². The molecule has 0 aromatic heterocycles. The standard InChI is InChI=1S/C18H30N2O2/c1-2-16-7-13-8-17(10-16,12-18(22,9-13)11-16)15(21)20-5-3-14(19)4-6-20/h13-14,22H,2-12,19H2,1H3. The van der Waals surface area contributed by atoms with Crippen molar-refractivity contribution in [3.63, 3.8) is 0 Å². The molecule has 5 aliphatic rings. The average molecular weight is 306 g/mol. The quantitative estimate of drug-likeness (QED) is 0.820. The first-order valence-corrected chi connectivity index (χ1v) is 9.15. The second kappa shape index (κ2) is 4.70. The van der Waals surface area contributed by atoms with Crippen LogP contribution in [-0.2, 0) is 4.79 Å². The summed E-state index contributed by atoms with van der Waals surface area (Å²) in [5, 5.41) is 11.1. The molecule has 1 heterocycles. The Hall–Kier alpha value is -0.610. The summed E-state index contributed by atoms with van der Waals surface area (Å²) in [7, 11) is 0. The molecule has 4 saturated carbocycles. The molecule has 0 radical (unpaired) electrons. The molecule has 0 spiro atoms. The first kappa shape index (κ1) is 14.9. The lowest BCUT2D eigenvalue weighted by Gasteiger charge is -2.65. The summed E-state index contributed by atoms with van der Waals surface area (Å²) in [6, 6.07) is 0.256. The van der Waals surface area contributed by atoms with Crippen LogP contribution in [0.1, 0.15) is 64.7 Å². The van der Waals surface area contributed by atoms with Gasteiger partial charge in [-0.1, -0.05) is 13.3 Å². The van der Waals surface area contributed by atoms with E-state index in [1.807, 2.05) is 0 Å². The van der Waals surface area contributed by atoms with Crippen molar-refractivity contribution in [3.05, 3.63) is 0 Å². The summed E-state index contributed by atoms with van der Waals surface area (Å²) in [6.07, 6.45) is 8.76. The van der Waals surface area contributed by atoms with Gasteiger partial charge in [0.1, 0.15) is 0 Å². The highest BCUT2D eigenvalue weighted by atomic mass is 16.3. The Morgan fingerprint density at radius 3 is 2.55 bits per heavy atom. The van der Waals surface area contributed by atoms with Gasteiger partial charge < -0.3 is 15.7 Å². The van der Waals surface area contributed by atoms with E-state index in [4.69, 9.17) is 5.73 Å². The number of hydrogen-bond acceptors (Lipinski definition) is 3. The Bertz CT molecular complexity index is 487. The number of carbonyl (C=O) groups is 1. The zero-order valence-electron chi connectivity index (χ0n) is 13.8. The predicted octanol–water partition coefficient (Wildman–Crippen LogP) is 2.05. The predicted molar refractivity (Wildman–Crippen MR) is 85.1 cm³/mol. The number of likely N-dealkylation sites (tertiary alicyclic amines) is 1. The van der Waals surface area contributed by atoms with Crippen LogP contribution in [0.3, 0.4) is 0 Å². The third kappa shape index (κ3) is 2.14. The van der Waals surface area contributed by atoms with Gasteiger partial charge in [-0.15, -0.1) is 0 Å². The van der Waals surface area contributed by atoms with Crippen LogP contribution in [0.2, 0.25) is 0 Å². The molecular weight excluding hydrogens is 276 g/mol. The lowest BCUT2D eigenvalue weighted by Crippen LogP contribution is -2.64. The minimum Gasteiger partial charge on any atom is -0.390 e.